The van der Waals surface area contributed by atoms with E-state index in [0.717, 1.165) is 6.92 Å². The van der Waals surface area contributed by atoms with Crippen molar-refractivity contribution in [3.05, 3.63) is 0 Å². The molecule has 0 amide bonds. The van der Waals surface area contributed by atoms with Crippen LogP contribution in [0.1, 0.15) is 6.92 Å². The minimum atomic E-state index is -4.87. The first-order valence-corrected chi connectivity index (χ1v) is 6.78. The molecule has 0 bridgehead atoms. The van der Waals surface area contributed by atoms with Gasteiger partial charge in [0, 0.05) is 0 Å². The van der Waals surface area contributed by atoms with Gasteiger partial charge in [-0.2, -0.15) is 0 Å². The largest absolute Gasteiger partial charge is 0.395 e. The predicted molar refractivity (Wildman–Crippen MR) is 44.4 cm³/mol. The van der Waals surface area contributed by atoms with E-state index >= 15 is 0 Å². The van der Waals surface area contributed by atoms with E-state index in [1.165, 1.54) is 0 Å². The molecule has 0 radical (unpaired) electrons. The Hall–Kier alpha value is 0.260. The predicted octanol–water partition coefficient (Wildman–Crippen LogP) is -0.909. The lowest BCUT2D eigenvalue weighted by Crippen LogP contribution is -2.20. The molecule has 0 aromatic rings. The van der Waals surface area contributed by atoms with Gasteiger partial charge in [0.05, 0.1) is 6.61 Å². The molecule has 5 N–H and O–H groups in total. The van der Waals surface area contributed by atoms with Gasteiger partial charge in [-0.15, -0.1) is 0 Å². The quantitative estimate of drug-likeness (QED) is 0.397. The number of rotatable bonds is 4. The normalized spacial score (nSPS) is 22.0. The maximum atomic E-state index is 11.1. The Morgan fingerprint density at radius 1 is 1.23 bits per heavy atom. The first kappa shape index (κ1) is 13.3. The van der Waals surface area contributed by atoms with Crippen molar-refractivity contribution >= 4 is 15.0 Å². The van der Waals surface area contributed by atoms with Crippen LogP contribution in [0.25, 0.3) is 0 Å². The van der Waals surface area contributed by atoms with E-state index in [1.807, 2.05) is 0 Å². The molecule has 7 nitrogen and oxygen atoms in total. The molecule has 0 saturated carbocycles. The van der Waals surface area contributed by atoms with E-state index in [4.69, 9.17) is 24.9 Å². The summed E-state index contributed by atoms with van der Waals surface area (Å²) in [4.78, 5) is 26.2. The zero-order chi connectivity index (χ0) is 10.9. The van der Waals surface area contributed by atoms with Crippen LogP contribution in [0.3, 0.4) is 0 Å². The molecule has 0 rings (SSSR count). The molecule has 0 saturated heterocycles. The van der Waals surface area contributed by atoms with E-state index < -0.39 is 32.8 Å². The topological polar surface area (TPSA) is 135 Å². The van der Waals surface area contributed by atoms with Crippen LogP contribution in [0.2, 0.25) is 0 Å². The summed E-state index contributed by atoms with van der Waals surface area (Å²) in [5, 5.41) is 15.2. The van der Waals surface area contributed by atoms with Gasteiger partial charge < -0.3 is 24.9 Å². The Morgan fingerprint density at radius 3 is 1.69 bits per heavy atom. The van der Waals surface area contributed by atoms with Gasteiger partial charge in [0.1, 0.15) is 5.85 Å². The molecular weight excluding hydrogens is 222 g/mol. The van der Waals surface area contributed by atoms with Gasteiger partial charge in [-0.1, -0.05) is 0 Å². The van der Waals surface area contributed by atoms with Crippen LogP contribution in [0.4, 0.5) is 0 Å². The first-order chi connectivity index (χ1) is 5.64. The summed E-state index contributed by atoms with van der Waals surface area (Å²) in [6, 6.07) is 0. The van der Waals surface area contributed by atoms with Crippen molar-refractivity contribution in [3.8, 4) is 0 Å². The highest BCUT2D eigenvalue weighted by atomic mass is 31.2. The van der Waals surface area contributed by atoms with Crippen LogP contribution in [-0.4, -0.2) is 42.7 Å². The summed E-state index contributed by atoms with van der Waals surface area (Å²) in [7, 11) is -9.33. The fourth-order valence-electron chi connectivity index (χ4n) is 0.688. The minimum Gasteiger partial charge on any atom is -0.395 e. The average Bonchev–Trinajstić information content (AvgIpc) is 1.83. The lowest BCUT2D eigenvalue weighted by atomic mass is 10.8. The molecule has 13 heavy (non-hydrogen) atoms. The van der Waals surface area contributed by atoms with Crippen LogP contribution >= 0.6 is 15.0 Å². The van der Waals surface area contributed by atoms with Gasteiger partial charge in [-0.3, -0.25) is 9.13 Å². The maximum absolute atomic E-state index is 11.1. The van der Waals surface area contributed by atoms with Gasteiger partial charge in [0.25, 0.3) is 0 Å². The summed E-state index contributed by atoms with van der Waals surface area (Å²) in [5.41, 5.74) is 0. The molecule has 0 spiro atoms. The summed E-state index contributed by atoms with van der Waals surface area (Å²) < 4.78 is 21.7. The number of hydrogen-bond donors (Lipinski definition) is 5. The van der Waals surface area contributed by atoms with Crippen molar-refractivity contribution in [2.45, 2.75) is 18.2 Å². The molecular formula is C4H12O7P2. The molecule has 9 heteroatoms. The average molecular weight is 234 g/mol. The summed E-state index contributed by atoms with van der Waals surface area (Å²) in [6.45, 7) is -0.220. The summed E-state index contributed by atoms with van der Waals surface area (Å²) >= 11 is 0. The highest BCUT2D eigenvalue weighted by molar-refractivity contribution is 7.74. The van der Waals surface area contributed by atoms with E-state index in [-0.39, 0.29) is 0 Å². The number of hydrogen-bond acceptors (Lipinski definition) is 4. The van der Waals surface area contributed by atoms with Crippen LogP contribution in [0.15, 0.2) is 0 Å². The SMILES string of the molecule is CC(O)P(=O)(O)C(CO)P(=O)(O)O. The second-order valence-electron chi connectivity index (χ2n) is 2.56. The van der Waals surface area contributed by atoms with Gasteiger partial charge in [-0.05, 0) is 6.92 Å². The highest BCUT2D eigenvalue weighted by Gasteiger charge is 2.46. The van der Waals surface area contributed by atoms with Gasteiger partial charge in [0.2, 0.25) is 7.37 Å². The Balaban J connectivity index is 5.01. The molecule has 0 aliphatic rings. The Bertz CT molecular complexity index is 255. The van der Waals surface area contributed by atoms with Crippen molar-refractivity contribution in [3.63, 3.8) is 0 Å². The molecule has 0 aliphatic heterocycles. The third-order valence-electron chi connectivity index (χ3n) is 1.51. The van der Waals surface area contributed by atoms with E-state index in [1.54, 1.807) is 0 Å². The molecule has 0 aliphatic carbocycles. The molecule has 0 heterocycles. The summed E-state index contributed by atoms with van der Waals surface area (Å²) in [5.74, 6) is -1.78. The van der Waals surface area contributed by atoms with Gasteiger partial charge in [-0.25, -0.2) is 0 Å². The van der Waals surface area contributed by atoms with Crippen molar-refractivity contribution < 1.29 is 34.0 Å². The second-order valence-corrected chi connectivity index (χ2v) is 7.48. The summed E-state index contributed by atoms with van der Waals surface area (Å²) in [6.07, 6.45) is 0. The Morgan fingerprint density at radius 2 is 1.62 bits per heavy atom. The van der Waals surface area contributed by atoms with Crippen LogP contribution < -0.4 is 0 Å². The smallest absolute Gasteiger partial charge is 0.340 e. The van der Waals surface area contributed by atoms with Crippen molar-refractivity contribution in [1.82, 2.24) is 0 Å². The van der Waals surface area contributed by atoms with E-state index in [2.05, 4.69) is 0 Å². The van der Waals surface area contributed by atoms with Gasteiger partial charge in [0.15, 0.2) is 5.40 Å². The minimum absolute atomic E-state index is 0.930. The third-order valence-corrected chi connectivity index (χ3v) is 6.44. The van der Waals surface area contributed by atoms with E-state index in [9.17, 15) is 9.13 Å². The van der Waals surface area contributed by atoms with Crippen molar-refractivity contribution in [1.29, 1.82) is 0 Å². The van der Waals surface area contributed by atoms with E-state index in [0.29, 0.717) is 0 Å². The van der Waals surface area contributed by atoms with Crippen molar-refractivity contribution in [2.24, 2.45) is 0 Å². The Labute approximate surface area is 74.6 Å². The maximum Gasteiger partial charge on any atom is 0.340 e. The highest BCUT2D eigenvalue weighted by Crippen LogP contribution is 2.63. The Kier molecular flexibility index (Phi) is 4.27. The third kappa shape index (κ3) is 3.14. The number of aliphatic hydroxyl groups excluding tert-OH is 2. The lowest BCUT2D eigenvalue weighted by molar-refractivity contribution is 0.233. The molecule has 0 fully saturated rings. The lowest BCUT2D eigenvalue weighted by Gasteiger charge is -2.23. The molecule has 3 unspecified atom stereocenters. The fourth-order valence-corrected chi connectivity index (χ4v) is 3.94. The fraction of sp³-hybridized carbons (Fsp3) is 1.00. The molecule has 3 atom stereocenters. The standard InChI is InChI=1S/C4H12O7P2/c1-3(6)12(7,8)4(2-5)13(9,10)11/h3-6H,2H2,1H3,(H,7,8)(H2,9,10,11). The van der Waals surface area contributed by atoms with Crippen molar-refractivity contribution in [2.75, 3.05) is 6.61 Å². The molecule has 0 aromatic heterocycles. The van der Waals surface area contributed by atoms with Crippen LogP contribution in [0.5, 0.6) is 0 Å². The zero-order valence-electron chi connectivity index (χ0n) is 6.81. The van der Waals surface area contributed by atoms with Crippen LogP contribution in [0, 0.1) is 0 Å². The van der Waals surface area contributed by atoms with Gasteiger partial charge >= 0.3 is 7.60 Å². The molecule has 0 aromatic carbocycles. The number of aliphatic hydroxyl groups is 2. The first-order valence-electron chi connectivity index (χ1n) is 3.30. The molecule has 80 valence electrons. The second kappa shape index (κ2) is 4.19. The monoisotopic (exact) mass is 234 g/mol. The zero-order valence-corrected chi connectivity index (χ0v) is 8.60. The van der Waals surface area contributed by atoms with Crippen LogP contribution in [-0.2, 0) is 9.13 Å².